The van der Waals surface area contributed by atoms with Gasteiger partial charge >= 0.3 is 0 Å². The van der Waals surface area contributed by atoms with Crippen LogP contribution in [0, 0.1) is 6.92 Å². The number of halogens is 1. The Balaban J connectivity index is 1.70. The number of carbonyl (C=O) groups is 1. The van der Waals surface area contributed by atoms with Gasteiger partial charge in [-0.25, -0.2) is 0 Å². The third-order valence-electron chi connectivity index (χ3n) is 4.52. The molecule has 0 unspecified atom stereocenters. The van der Waals surface area contributed by atoms with Gasteiger partial charge in [0.2, 0.25) is 5.95 Å². The molecular formula is C23H19ClN4O. The summed E-state index contributed by atoms with van der Waals surface area (Å²) in [6, 6.07) is 24.4. The van der Waals surface area contributed by atoms with Crippen molar-refractivity contribution < 1.29 is 4.79 Å². The van der Waals surface area contributed by atoms with Crippen molar-refractivity contribution in [1.29, 1.82) is 0 Å². The second-order valence-corrected chi connectivity index (χ2v) is 7.06. The summed E-state index contributed by atoms with van der Waals surface area (Å²) >= 11 is 6.25. The summed E-state index contributed by atoms with van der Waals surface area (Å²) in [4.78, 5) is 17.6. The maximum absolute atomic E-state index is 13.0. The molecule has 0 radical (unpaired) electrons. The molecule has 5 nitrogen and oxygen atoms in total. The van der Waals surface area contributed by atoms with Crippen LogP contribution in [0.25, 0.3) is 11.4 Å². The largest absolute Gasteiger partial charge is 0.350 e. The van der Waals surface area contributed by atoms with Crippen molar-refractivity contribution in [3.05, 3.63) is 101 Å². The Morgan fingerprint density at radius 3 is 2.38 bits per heavy atom. The van der Waals surface area contributed by atoms with E-state index >= 15 is 0 Å². The Morgan fingerprint density at radius 1 is 0.966 bits per heavy atom. The monoisotopic (exact) mass is 402 g/mol. The summed E-state index contributed by atoms with van der Waals surface area (Å²) in [6.07, 6.45) is 0. The van der Waals surface area contributed by atoms with Gasteiger partial charge in [0, 0.05) is 22.7 Å². The van der Waals surface area contributed by atoms with Crippen LogP contribution in [0.4, 0.5) is 5.95 Å². The standard InChI is InChI=1S/C23H19ClN4O/c1-16-11-13-17(14-12-16)21-26-23(25-15-19-9-5-6-10-20(19)24)28(27-21)22(29)18-7-3-2-4-8-18/h2-14H,15H2,1H3,(H,25,26,27). The van der Waals surface area contributed by atoms with Crippen LogP contribution < -0.4 is 5.32 Å². The number of nitrogens with one attached hydrogen (secondary N) is 1. The van der Waals surface area contributed by atoms with E-state index in [-0.39, 0.29) is 5.91 Å². The molecule has 3 aromatic carbocycles. The smallest absolute Gasteiger partial charge is 0.281 e. The predicted octanol–water partition coefficient (Wildman–Crippen LogP) is 5.21. The zero-order valence-corrected chi connectivity index (χ0v) is 16.6. The van der Waals surface area contributed by atoms with Gasteiger partial charge in [0.1, 0.15) is 0 Å². The van der Waals surface area contributed by atoms with E-state index in [0.29, 0.717) is 28.9 Å². The van der Waals surface area contributed by atoms with Gasteiger partial charge in [-0.15, -0.1) is 5.10 Å². The highest BCUT2D eigenvalue weighted by atomic mass is 35.5. The summed E-state index contributed by atoms with van der Waals surface area (Å²) in [5, 5.41) is 8.34. The van der Waals surface area contributed by atoms with Crippen molar-refractivity contribution in [2.45, 2.75) is 13.5 Å². The molecule has 0 atom stereocenters. The van der Waals surface area contributed by atoms with Gasteiger partial charge in [-0.3, -0.25) is 4.79 Å². The molecule has 0 aliphatic rings. The van der Waals surface area contributed by atoms with Gasteiger partial charge in [0.15, 0.2) is 5.82 Å². The van der Waals surface area contributed by atoms with Crippen molar-refractivity contribution in [1.82, 2.24) is 14.8 Å². The second-order valence-electron chi connectivity index (χ2n) is 6.65. The lowest BCUT2D eigenvalue weighted by Gasteiger charge is -2.08. The van der Waals surface area contributed by atoms with Crippen LogP contribution in [0.1, 0.15) is 21.5 Å². The predicted molar refractivity (Wildman–Crippen MR) is 115 cm³/mol. The molecule has 4 aromatic rings. The Morgan fingerprint density at radius 2 is 1.66 bits per heavy atom. The van der Waals surface area contributed by atoms with E-state index in [1.165, 1.54) is 4.68 Å². The lowest BCUT2D eigenvalue weighted by Crippen LogP contribution is -2.17. The first-order valence-corrected chi connectivity index (χ1v) is 9.61. The third-order valence-corrected chi connectivity index (χ3v) is 4.89. The topological polar surface area (TPSA) is 59.8 Å². The van der Waals surface area contributed by atoms with Crippen molar-refractivity contribution in [2.75, 3.05) is 5.32 Å². The number of nitrogens with zero attached hydrogens (tertiary/aromatic N) is 3. The van der Waals surface area contributed by atoms with E-state index in [9.17, 15) is 4.79 Å². The van der Waals surface area contributed by atoms with E-state index in [1.54, 1.807) is 12.1 Å². The Kier molecular flexibility index (Phi) is 5.40. The molecule has 0 saturated heterocycles. The minimum absolute atomic E-state index is 0.252. The number of hydrogen-bond acceptors (Lipinski definition) is 4. The average Bonchev–Trinajstić information content (AvgIpc) is 3.18. The Labute approximate surface area is 174 Å². The van der Waals surface area contributed by atoms with Crippen LogP contribution in [0.15, 0.2) is 78.9 Å². The van der Waals surface area contributed by atoms with Gasteiger partial charge in [-0.05, 0) is 30.7 Å². The van der Waals surface area contributed by atoms with Crippen molar-refractivity contribution >= 4 is 23.5 Å². The van der Waals surface area contributed by atoms with Crippen molar-refractivity contribution in [3.8, 4) is 11.4 Å². The normalized spacial score (nSPS) is 10.7. The molecule has 1 N–H and O–H groups in total. The van der Waals surface area contributed by atoms with E-state index < -0.39 is 0 Å². The molecule has 0 bridgehead atoms. The molecule has 4 rings (SSSR count). The van der Waals surface area contributed by atoms with Crippen LogP contribution >= 0.6 is 11.6 Å². The van der Waals surface area contributed by atoms with Crippen molar-refractivity contribution in [3.63, 3.8) is 0 Å². The van der Waals surface area contributed by atoms with Gasteiger partial charge in [0.25, 0.3) is 5.91 Å². The fourth-order valence-corrected chi connectivity index (χ4v) is 3.11. The molecule has 0 amide bonds. The summed E-state index contributed by atoms with van der Waals surface area (Å²) in [6.45, 7) is 2.44. The third kappa shape index (κ3) is 4.20. The van der Waals surface area contributed by atoms with Crippen molar-refractivity contribution in [2.24, 2.45) is 0 Å². The summed E-state index contributed by atoms with van der Waals surface area (Å²) in [5.74, 6) is 0.600. The number of rotatable bonds is 5. The number of aromatic nitrogens is 3. The zero-order valence-electron chi connectivity index (χ0n) is 15.8. The maximum atomic E-state index is 13.0. The minimum Gasteiger partial charge on any atom is -0.350 e. The van der Waals surface area contributed by atoms with Gasteiger partial charge < -0.3 is 5.32 Å². The summed E-state index contributed by atoms with van der Waals surface area (Å²) in [7, 11) is 0. The first kappa shape index (κ1) is 18.9. The van der Waals surface area contributed by atoms with Crippen LogP contribution in [-0.2, 0) is 6.54 Å². The fraction of sp³-hybridized carbons (Fsp3) is 0.0870. The summed E-state index contributed by atoms with van der Waals surface area (Å²) < 4.78 is 1.31. The number of aryl methyl sites for hydroxylation is 1. The van der Waals surface area contributed by atoms with E-state index in [2.05, 4.69) is 15.4 Å². The van der Waals surface area contributed by atoms with Crippen LogP contribution in [0.5, 0.6) is 0 Å². The average molecular weight is 403 g/mol. The highest BCUT2D eigenvalue weighted by Crippen LogP contribution is 2.21. The van der Waals surface area contributed by atoms with E-state index in [1.807, 2.05) is 73.7 Å². The van der Waals surface area contributed by atoms with Crippen LogP contribution in [-0.4, -0.2) is 20.7 Å². The molecule has 1 aromatic heterocycles. The molecule has 144 valence electrons. The maximum Gasteiger partial charge on any atom is 0.281 e. The molecule has 1 heterocycles. The number of anilines is 1. The molecule has 0 aliphatic carbocycles. The van der Waals surface area contributed by atoms with Gasteiger partial charge in [0.05, 0.1) is 0 Å². The molecule has 29 heavy (non-hydrogen) atoms. The lowest BCUT2D eigenvalue weighted by molar-refractivity contribution is 0.0947. The number of carbonyl (C=O) groups excluding carboxylic acids is 1. The first-order valence-electron chi connectivity index (χ1n) is 9.23. The molecule has 0 fully saturated rings. The molecule has 0 aliphatic heterocycles. The van der Waals surface area contributed by atoms with Gasteiger partial charge in [-0.2, -0.15) is 9.67 Å². The first-order chi connectivity index (χ1) is 14.1. The molecule has 6 heteroatoms. The van der Waals surface area contributed by atoms with Gasteiger partial charge in [-0.1, -0.05) is 77.8 Å². The van der Waals surface area contributed by atoms with Crippen LogP contribution in [0.2, 0.25) is 5.02 Å². The Hall–Kier alpha value is -3.44. The zero-order chi connectivity index (χ0) is 20.2. The SMILES string of the molecule is Cc1ccc(-c2nc(NCc3ccccc3Cl)n(C(=O)c3ccccc3)n2)cc1. The minimum atomic E-state index is -0.252. The van der Waals surface area contributed by atoms with Crippen LogP contribution in [0.3, 0.4) is 0 Å². The molecule has 0 saturated carbocycles. The molecule has 0 spiro atoms. The quantitative estimate of drug-likeness (QED) is 0.498. The Bertz CT molecular complexity index is 1140. The highest BCUT2D eigenvalue weighted by molar-refractivity contribution is 6.31. The lowest BCUT2D eigenvalue weighted by atomic mass is 10.1. The molecular weight excluding hydrogens is 384 g/mol. The number of benzene rings is 3. The summed E-state index contributed by atoms with van der Waals surface area (Å²) in [5.41, 5.74) is 3.43. The second kappa shape index (κ2) is 8.29. The number of hydrogen-bond donors (Lipinski definition) is 1. The van der Waals surface area contributed by atoms with E-state index in [4.69, 9.17) is 11.6 Å². The highest BCUT2D eigenvalue weighted by Gasteiger charge is 2.18. The van der Waals surface area contributed by atoms with E-state index in [0.717, 1.165) is 16.7 Å². The fourth-order valence-electron chi connectivity index (χ4n) is 2.91.